The van der Waals surface area contributed by atoms with Gasteiger partial charge in [-0.25, -0.2) is 4.68 Å². The number of hydrogen-bond acceptors (Lipinski definition) is 5. The molecule has 7 heteroatoms. The third-order valence-corrected chi connectivity index (χ3v) is 5.84. The van der Waals surface area contributed by atoms with Crippen LogP contribution in [0.5, 0.6) is 5.75 Å². The third kappa shape index (κ3) is 4.15. The van der Waals surface area contributed by atoms with Crippen molar-refractivity contribution in [3.05, 3.63) is 107 Å². The topological polar surface area (TPSA) is 95.1 Å². The monoisotopic (exact) mass is 451 g/mol. The van der Waals surface area contributed by atoms with Crippen LogP contribution in [0, 0.1) is 6.92 Å². The first-order chi connectivity index (χ1) is 16.5. The van der Waals surface area contributed by atoms with Gasteiger partial charge in [-0.3, -0.25) is 4.79 Å². The molecule has 34 heavy (non-hydrogen) atoms. The summed E-state index contributed by atoms with van der Waals surface area (Å²) in [6.45, 7) is 4.33. The van der Waals surface area contributed by atoms with Crippen LogP contribution in [-0.2, 0) is 11.4 Å². The summed E-state index contributed by atoms with van der Waals surface area (Å²) in [6, 6.07) is 25.2. The van der Waals surface area contributed by atoms with Crippen molar-refractivity contribution in [3.63, 3.8) is 0 Å². The maximum absolute atomic E-state index is 12.4. The van der Waals surface area contributed by atoms with Crippen LogP contribution in [0.1, 0.15) is 29.7 Å². The zero-order chi connectivity index (χ0) is 23.7. The SMILES string of the molecule is CC1=C(C(N)=O)C(c2ccc(OCc3ccccc3)cc2)n2nc(-c3cccc(C)c3)nc2N1. The number of carbonyl (C=O) groups excluding carboxylic acids is 1. The van der Waals surface area contributed by atoms with Crippen LogP contribution in [0.3, 0.4) is 0 Å². The third-order valence-electron chi connectivity index (χ3n) is 5.84. The molecule has 4 aromatic rings. The van der Waals surface area contributed by atoms with Crippen molar-refractivity contribution in [2.45, 2.75) is 26.5 Å². The Labute approximate surface area is 197 Å². The van der Waals surface area contributed by atoms with Crippen LogP contribution in [0.15, 0.2) is 90.1 Å². The lowest BCUT2D eigenvalue weighted by Gasteiger charge is -2.27. The zero-order valence-corrected chi connectivity index (χ0v) is 19.0. The summed E-state index contributed by atoms with van der Waals surface area (Å²) in [5.74, 6) is 1.38. The number of nitrogens with two attached hydrogens (primary N) is 1. The Kier molecular flexibility index (Phi) is 5.59. The molecule has 0 bridgehead atoms. The lowest BCUT2D eigenvalue weighted by atomic mass is 9.95. The molecule has 0 spiro atoms. The molecule has 170 valence electrons. The number of aromatic nitrogens is 3. The highest BCUT2D eigenvalue weighted by atomic mass is 16.5. The number of amides is 1. The molecule has 1 unspecified atom stereocenters. The average Bonchev–Trinajstić information content (AvgIpc) is 3.26. The van der Waals surface area contributed by atoms with Crippen molar-refractivity contribution in [2.24, 2.45) is 5.73 Å². The van der Waals surface area contributed by atoms with Crippen molar-refractivity contribution in [1.29, 1.82) is 0 Å². The van der Waals surface area contributed by atoms with Gasteiger partial charge in [0.15, 0.2) is 5.82 Å². The molecule has 0 saturated heterocycles. The molecule has 0 saturated carbocycles. The van der Waals surface area contributed by atoms with E-state index in [1.807, 2.05) is 92.7 Å². The standard InChI is InChI=1S/C27H25N5O2/c1-17-7-6-10-21(15-17)26-30-27-29-18(2)23(25(28)33)24(32(27)31-26)20-11-13-22(14-12-20)34-16-19-8-4-3-5-9-19/h3-15,24H,16H2,1-2H3,(H2,28,33)(H,29,30,31). The van der Waals surface area contributed by atoms with Gasteiger partial charge in [0.1, 0.15) is 18.4 Å². The number of fused-ring (bicyclic) bond motifs is 1. The smallest absolute Gasteiger partial charge is 0.248 e. The Bertz CT molecular complexity index is 1370. The van der Waals surface area contributed by atoms with Crippen molar-refractivity contribution in [1.82, 2.24) is 14.8 Å². The van der Waals surface area contributed by atoms with E-state index in [9.17, 15) is 4.79 Å². The highest BCUT2D eigenvalue weighted by molar-refractivity contribution is 5.95. The second-order valence-corrected chi connectivity index (χ2v) is 8.35. The summed E-state index contributed by atoms with van der Waals surface area (Å²) in [6.07, 6.45) is 0. The Morgan fingerprint density at radius 1 is 1.03 bits per heavy atom. The minimum absolute atomic E-state index is 0.450. The van der Waals surface area contributed by atoms with Gasteiger partial charge in [0, 0.05) is 11.3 Å². The van der Waals surface area contributed by atoms with Gasteiger partial charge in [-0.05, 0) is 43.2 Å². The van der Waals surface area contributed by atoms with Crippen molar-refractivity contribution in [3.8, 4) is 17.1 Å². The molecule has 0 aliphatic carbocycles. The van der Waals surface area contributed by atoms with Crippen LogP contribution < -0.4 is 15.8 Å². The lowest BCUT2D eigenvalue weighted by Crippen LogP contribution is -2.31. The first kappa shape index (κ1) is 21.5. The fourth-order valence-electron chi connectivity index (χ4n) is 4.17. The number of allylic oxidation sites excluding steroid dienone is 1. The summed E-state index contributed by atoms with van der Waals surface area (Å²) in [4.78, 5) is 17.1. The minimum Gasteiger partial charge on any atom is -0.489 e. The number of ether oxygens (including phenoxy) is 1. The number of hydrogen-bond donors (Lipinski definition) is 2. The van der Waals surface area contributed by atoms with Crippen LogP contribution in [-0.4, -0.2) is 20.7 Å². The molecule has 0 radical (unpaired) electrons. The molecule has 1 aromatic heterocycles. The molecular formula is C27H25N5O2. The second kappa shape index (κ2) is 8.86. The first-order valence-corrected chi connectivity index (χ1v) is 11.1. The van der Waals surface area contributed by atoms with E-state index in [2.05, 4.69) is 5.32 Å². The molecule has 1 atom stereocenters. The number of benzene rings is 3. The zero-order valence-electron chi connectivity index (χ0n) is 19.0. The van der Waals surface area contributed by atoms with Gasteiger partial charge in [0.05, 0.1) is 5.57 Å². The van der Waals surface area contributed by atoms with Gasteiger partial charge in [-0.2, -0.15) is 4.98 Å². The Balaban J connectivity index is 1.48. The molecule has 1 amide bonds. The summed E-state index contributed by atoms with van der Waals surface area (Å²) in [7, 11) is 0. The molecule has 5 rings (SSSR count). The normalized spacial score (nSPS) is 14.9. The molecule has 3 N–H and O–H groups in total. The highest BCUT2D eigenvalue weighted by Gasteiger charge is 2.33. The molecule has 1 aliphatic rings. The summed E-state index contributed by atoms with van der Waals surface area (Å²) < 4.78 is 7.65. The van der Waals surface area contributed by atoms with Gasteiger partial charge in [-0.1, -0.05) is 66.2 Å². The molecule has 0 fully saturated rings. The number of nitrogens with zero attached hydrogens (tertiary/aromatic N) is 3. The van der Waals surface area contributed by atoms with Gasteiger partial charge >= 0.3 is 0 Å². The molecular weight excluding hydrogens is 426 g/mol. The van der Waals surface area contributed by atoms with Gasteiger partial charge in [0.25, 0.3) is 0 Å². The summed E-state index contributed by atoms with van der Waals surface area (Å²) in [5, 5.41) is 7.94. The largest absolute Gasteiger partial charge is 0.489 e. The number of rotatable bonds is 6. The highest BCUT2D eigenvalue weighted by Crippen LogP contribution is 2.36. The second-order valence-electron chi connectivity index (χ2n) is 8.35. The van der Waals surface area contributed by atoms with Gasteiger partial charge < -0.3 is 15.8 Å². The number of primary amides is 1. The molecule has 7 nitrogen and oxygen atoms in total. The predicted octanol–water partition coefficient (Wildman–Crippen LogP) is 4.61. The van der Waals surface area contributed by atoms with Crippen LogP contribution in [0.25, 0.3) is 11.4 Å². The number of anilines is 1. The quantitative estimate of drug-likeness (QED) is 0.447. The minimum atomic E-state index is -0.502. The van der Waals surface area contributed by atoms with Gasteiger partial charge in [-0.15, -0.1) is 5.10 Å². The van der Waals surface area contributed by atoms with Gasteiger partial charge in [0.2, 0.25) is 11.9 Å². The van der Waals surface area contributed by atoms with E-state index in [1.54, 1.807) is 4.68 Å². The number of nitrogens with one attached hydrogen (secondary N) is 1. The number of aryl methyl sites for hydroxylation is 1. The average molecular weight is 452 g/mol. The van der Waals surface area contributed by atoms with E-state index in [0.29, 0.717) is 29.6 Å². The Morgan fingerprint density at radius 2 is 1.79 bits per heavy atom. The molecule has 3 aromatic carbocycles. The van der Waals surface area contributed by atoms with E-state index >= 15 is 0 Å². The first-order valence-electron chi connectivity index (χ1n) is 11.1. The fraction of sp³-hybridized carbons (Fsp3) is 0.148. The van der Waals surface area contributed by atoms with Crippen LogP contribution >= 0.6 is 0 Å². The Hall–Kier alpha value is -4.39. The maximum atomic E-state index is 12.4. The summed E-state index contributed by atoms with van der Waals surface area (Å²) in [5.41, 5.74) is 10.9. The van der Waals surface area contributed by atoms with E-state index in [1.165, 1.54) is 0 Å². The van der Waals surface area contributed by atoms with Crippen LogP contribution in [0.4, 0.5) is 5.95 Å². The fourth-order valence-corrected chi connectivity index (χ4v) is 4.17. The number of carbonyl (C=O) groups is 1. The molecule has 1 aliphatic heterocycles. The van der Waals surface area contributed by atoms with E-state index < -0.39 is 11.9 Å². The van der Waals surface area contributed by atoms with E-state index in [-0.39, 0.29) is 0 Å². The van der Waals surface area contributed by atoms with Crippen molar-refractivity contribution < 1.29 is 9.53 Å². The summed E-state index contributed by atoms with van der Waals surface area (Å²) >= 11 is 0. The van der Waals surface area contributed by atoms with E-state index in [4.69, 9.17) is 20.6 Å². The van der Waals surface area contributed by atoms with Crippen molar-refractivity contribution >= 4 is 11.9 Å². The molecule has 2 heterocycles. The van der Waals surface area contributed by atoms with Crippen molar-refractivity contribution in [2.75, 3.05) is 5.32 Å². The lowest BCUT2D eigenvalue weighted by molar-refractivity contribution is -0.115. The van der Waals surface area contributed by atoms with Crippen LogP contribution in [0.2, 0.25) is 0 Å². The van der Waals surface area contributed by atoms with E-state index in [0.717, 1.165) is 28.0 Å². The maximum Gasteiger partial charge on any atom is 0.248 e. The predicted molar refractivity (Wildman–Crippen MR) is 131 cm³/mol. The Morgan fingerprint density at radius 3 is 2.50 bits per heavy atom.